The summed E-state index contributed by atoms with van der Waals surface area (Å²) >= 11 is 0. The quantitative estimate of drug-likeness (QED) is 0.341. The predicted molar refractivity (Wildman–Crippen MR) is 61.7 cm³/mol. The number of rotatable bonds is 4. The van der Waals surface area contributed by atoms with Gasteiger partial charge < -0.3 is 4.74 Å². The molecule has 4 nitrogen and oxygen atoms in total. The van der Waals surface area contributed by atoms with Crippen LogP contribution in [0, 0.1) is 6.92 Å². The Morgan fingerprint density at radius 3 is 2.18 bits per heavy atom. The molecular formula is C13H12O4. The zero-order valence-corrected chi connectivity index (χ0v) is 9.60. The van der Waals surface area contributed by atoms with Crippen molar-refractivity contribution in [2.45, 2.75) is 6.92 Å². The van der Waals surface area contributed by atoms with E-state index in [0.29, 0.717) is 5.56 Å². The number of hydrogen-bond donors (Lipinski definition) is 0. The molecule has 88 valence electrons. The van der Waals surface area contributed by atoms with Crippen LogP contribution in [0.2, 0.25) is 0 Å². The van der Waals surface area contributed by atoms with Gasteiger partial charge in [0.1, 0.15) is 0 Å². The zero-order chi connectivity index (χ0) is 12.8. The fourth-order valence-electron chi connectivity index (χ4n) is 1.13. The van der Waals surface area contributed by atoms with E-state index in [4.69, 9.17) is 0 Å². The molecular weight excluding hydrogens is 220 g/mol. The van der Waals surface area contributed by atoms with Crippen LogP contribution in [-0.4, -0.2) is 24.6 Å². The SMILES string of the molecule is COC(=O)/C=C/C(=O)C(=O)c1ccc(C)cc1. The molecule has 0 unspecified atom stereocenters. The van der Waals surface area contributed by atoms with Gasteiger partial charge in [0.2, 0.25) is 11.6 Å². The third-order valence-corrected chi connectivity index (χ3v) is 2.11. The van der Waals surface area contributed by atoms with Crippen molar-refractivity contribution in [2.24, 2.45) is 0 Å². The van der Waals surface area contributed by atoms with Crippen LogP contribution in [0.4, 0.5) is 0 Å². The van der Waals surface area contributed by atoms with E-state index < -0.39 is 17.5 Å². The third-order valence-electron chi connectivity index (χ3n) is 2.11. The highest BCUT2D eigenvalue weighted by atomic mass is 16.5. The molecule has 0 fully saturated rings. The molecule has 0 aromatic heterocycles. The first-order chi connectivity index (χ1) is 8.04. The highest BCUT2D eigenvalue weighted by molar-refractivity contribution is 6.47. The smallest absolute Gasteiger partial charge is 0.330 e. The number of carbonyl (C=O) groups is 3. The van der Waals surface area contributed by atoms with Crippen molar-refractivity contribution in [1.82, 2.24) is 0 Å². The maximum Gasteiger partial charge on any atom is 0.330 e. The van der Waals surface area contributed by atoms with E-state index in [1.54, 1.807) is 24.3 Å². The largest absolute Gasteiger partial charge is 0.466 e. The van der Waals surface area contributed by atoms with Crippen molar-refractivity contribution >= 4 is 17.5 Å². The van der Waals surface area contributed by atoms with E-state index in [1.165, 1.54) is 7.11 Å². The minimum atomic E-state index is -0.751. The maximum absolute atomic E-state index is 11.6. The van der Waals surface area contributed by atoms with Gasteiger partial charge in [-0.2, -0.15) is 0 Å². The number of carbonyl (C=O) groups excluding carboxylic acids is 3. The Hall–Kier alpha value is -2.23. The van der Waals surface area contributed by atoms with E-state index in [2.05, 4.69) is 4.74 Å². The molecule has 0 aliphatic heterocycles. The number of aryl methyl sites for hydroxylation is 1. The molecule has 1 aromatic rings. The average molecular weight is 232 g/mol. The minimum absolute atomic E-state index is 0.301. The number of ketones is 2. The Morgan fingerprint density at radius 1 is 1.06 bits per heavy atom. The van der Waals surface area contributed by atoms with Crippen LogP contribution in [0.5, 0.6) is 0 Å². The van der Waals surface area contributed by atoms with Gasteiger partial charge in [-0.1, -0.05) is 29.8 Å². The Labute approximate surface area is 98.9 Å². The maximum atomic E-state index is 11.6. The molecule has 0 saturated heterocycles. The monoisotopic (exact) mass is 232 g/mol. The number of Topliss-reactive ketones (excluding diaryl/α,β-unsaturated/α-hetero) is 1. The van der Waals surface area contributed by atoms with Crippen LogP contribution in [0.25, 0.3) is 0 Å². The molecule has 1 rings (SSSR count). The summed E-state index contributed by atoms with van der Waals surface area (Å²) in [6.07, 6.45) is 1.84. The average Bonchev–Trinajstić information content (AvgIpc) is 2.35. The van der Waals surface area contributed by atoms with Gasteiger partial charge in [-0.25, -0.2) is 4.79 Å². The summed E-state index contributed by atoms with van der Waals surface area (Å²) < 4.78 is 4.31. The third kappa shape index (κ3) is 3.68. The second-order valence-electron chi connectivity index (χ2n) is 3.42. The molecule has 0 amide bonds. The molecule has 0 radical (unpaired) electrons. The highest BCUT2D eigenvalue weighted by Crippen LogP contribution is 2.05. The Balaban J connectivity index is 2.77. The Morgan fingerprint density at radius 2 is 1.65 bits per heavy atom. The van der Waals surface area contributed by atoms with Gasteiger partial charge >= 0.3 is 5.97 Å². The van der Waals surface area contributed by atoms with Crippen LogP contribution in [0.3, 0.4) is 0 Å². The molecule has 0 aliphatic carbocycles. The predicted octanol–water partition coefficient (Wildman–Crippen LogP) is 1.48. The summed E-state index contributed by atoms with van der Waals surface area (Å²) in [4.78, 5) is 33.8. The summed E-state index contributed by atoms with van der Waals surface area (Å²) in [6, 6.07) is 6.62. The van der Waals surface area contributed by atoms with Crippen LogP contribution < -0.4 is 0 Å². The van der Waals surface area contributed by atoms with E-state index in [0.717, 1.165) is 17.7 Å². The number of methoxy groups -OCH3 is 1. The molecule has 17 heavy (non-hydrogen) atoms. The first kappa shape index (κ1) is 12.8. The van der Waals surface area contributed by atoms with Crippen molar-refractivity contribution in [3.63, 3.8) is 0 Å². The summed E-state index contributed by atoms with van der Waals surface area (Å²) in [5.41, 5.74) is 1.30. The Kier molecular flexibility index (Phi) is 4.34. The second kappa shape index (κ2) is 5.75. The first-order valence-electron chi connectivity index (χ1n) is 4.96. The number of ether oxygens (including phenoxy) is 1. The Bertz CT molecular complexity index is 469. The molecule has 0 aliphatic rings. The second-order valence-corrected chi connectivity index (χ2v) is 3.42. The standard InChI is InChI=1S/C13H12O4/c1-9-3-5-10(6-4-9)13(16)11(14)7-8-12(15)17-2/h3-8H,1-2H3/b8-7+. The summed E-state index contributed by atoms with van der Waals surface area (Å²) in [7, 11) is 1.19. The van der Waals surface area contributed by atoms with Crippen molar-refractivity contribution in [2.75, 3.05) is 7.11 Å². The minimum Gasteiger partial charge on any atom is -0.466 e. The van der Waals surface area contributed by atoms with E-state index in [1.807, 2.05) is 6.92 Å². The van der Waals surface area contributed by atoms with Crippen LogP contribution in [-0.2, 0) is 14.3 Å². The van der Waals surface area contributed by atoms with Gasteiger partial charge in [-0.15, -0.1) is 0 Å². The van der Waals surface area contributed by atoms with Crippen molar-refractivity contribution in [1.29, 1.82) is 0 Å². The lowest BCUT2D eigenvalue weighted by molar-refractivity contribution is -0.135. The lowest BCUT2D eigenvalue weighted by Crippen LogP contribution is -2.11. The van der Waals surface area contributed by atoms with Crippen LogP contribution >= 0.6 is 0 Å². The summed E-state index contributed by atoms with van der Waals surface area (Å²) in [5, 5.41) is 0. The normalized spacial score (nSPS) is 10.2. The van der Waals surface area contributed by atoms with Gasteiger partial charge in [0.15, 0.2) is 0 Å². The van der Waals surface area contributed by atoms with E-state index >= 15 is 0 Å². The van der Waals surface area contributed by atoms with Gasteiger partial charge in [0, 0.05) is 11.6 Å². The van der Waals surface area contributed by atoms with E-state index in [9.17, 15) is 14.4 Å². The van der Waals surface area contributed by atoms with Gasteiger partial charge in [-0.3, -0.25) is 9.59 Å². The van der Waals surface area contributed by atoms with E-state index in [-0.39, 0.29) is 0 Å². The van der Waals surface area contributed by atoms with Gasteiger partial charge in [0.05, 0.1) is 7.11 Å². The molecule has 0 N–H and O–H groups in total. The molecule has 0 heterocycles. The lowest BCUT2D eigenvalue weighted by Gasteiger charge is -1.97. The topological polar surface area (TPSA) is 60.4 Å². The molecule has 1 aromatic carbocycles. The van der Waals surface area contributed by atoms with Crippen molar-refractivity contribution in [3.8, 4) is 0 Å². The lowest BCUT2D eigenvalue weighted by atomic mass is 10.1. The molecule has 0 saturated carbocycles. The number of benzene rings is 1. The first-order valence-corrected chi connectivity index (χ1v) is 4.96. The molecule has 4 heteroatoms. The highest BCUT2D eigenvalue weighted by Gasteiger charge is 2.13. The van der Waals surface area contributed by atoms with Crippen molar-refractivity contribution < 1.29 is 19.1 Å². The summed E-state index contributed by atoms with van der Waals surface area (Å²) in [5.74, 6) is -2.07. The fraction of sp³-hybridized carbons (Fsp3) is 0.154. The zero-order valence-electron chi connectivity index (χ0n) is 9.60. The fourth-order valence-corrected chi connectivity index (χ4v) is 1.13. The number of esters is 1. The van der Waals surface area contributed by atoms with Crippen LogP contribution in [0.1, 0.15) is 15.9 Å². The van der Waals surface area contributed by atoms with Gasteiger partial charge in [-0.05, 0) is 13.0 Å². The van der Waals surface area contributed by atoms with Gasteiger partial charge in [0.25, 0.3) is 0 Å². The molecule has 0 atom stereocenters. The number of hydrogen-bond acceptors (Lipinski definition) is 4. The molecule has 0 bridgehead atoms. The molecule has 0 spiro atoms. The number of allylic oxidation sites excluding steroid dienone is 1. The summed E-state index contributed by atoms with van der Waals surface area (Å²) in [6.45, 7) is 1.88. The van der Waals surface area contributed by atoms with Crippen molar-refractivity contribution in [3.05, 3.63) is 47.5 Å². The van der Waals surface area contributed by atoms with Crippen LogP contribution in [0.15, 0.2) is 36.4 Å².